The molecular weight excluding hydrogens is 478 g/mol. The first-order valence-corrected chi connectivity index (χ1v) is 11.2. The van der Waals surface area contributed by atoms with Gasteiger partial charge in [-0.05, 0) is 53.6 Å². The molecule has 4 rings (SSSR count). The molecule has 1 saturated heterocycles. The van der Waals surface area contributed by atoms with Crippen molar-refractivity contribution >= 4 is 27.5 Å². The highest BCUT2D eigenvalue weighted by atomic mass is 32.2. The van der Waals surface area contributed by atoms with Crippen molar-refractivity contribution in [2.24, 2.45) is 0 Å². The zero-order chi connectivity index (χ0) is 24.7. The van der Waals surface area contributed by atoms with E-state index in [9.17, 15) is 35.6 Å². The van der Waals surface area contributed by atoms with Crippen molar-refractivity contribution in [3.63, 3.8) is 0 Å². The molecule has 0 spiro atoms. The summed E-state index contributed by atoms with van der Waals surface area (Å²) in [5, 5.41) is 0. The number of pyridine rings is 1. The molecule has 1 fully saturated rings. The summed E-state index contributed by atoms with van der Waals surface area (Å²) in [4.78, 5) is 30.5. The van der Waals surface area contributed by atoms with Crippen LogP contribution in [-0.4, -0.2) is 42.3 Å². The van der Waals surface area contributed by atoms with Gasteiger partial charge >= 0.3 is 11.5 Å². The van der Waals surface area contributed by atoms with Crippen LogP contribution >= 0.6 is 0 Å². The first-order valence-electron chi connectivity index (χ1n) is 9.71. The van der Waals surface area contributed by atoms with Crippen molar-refractivity contribution in [1.82, 2.24) is 9.88 Å². The van der Waals surface area contributed by atoms with E-state index in [0.29, 0.717) is 28.8 Å². The number of imide groups is 1. The molecule has 12 heteroatoms. The molecule has 0 aliphatic carbocycles. The lowest BCUT2D eigenvalue weighted by Gasteiger charge is -2.19. The van der Waals surface area contributed by atoms with Gasteiger partial charge in [0.1, 0.15) is 12.4 Å². The van der Waals surface area contributed by atoms with Crippen molar-refractivity contribution < 1.29 is 35.6 Å². The zero-order valence-corrected chi connectivity index (χ0v) is 18.0. The van der Waals surface area contributed by atoms with Gasteiger partial charge in [0.05, 0.1) is 10.6 Å². The van der Waals surface area contributed by atoms with Crippen molar-refractivity contribution in [2.75, 3.05) is 11.4 Å². The average Bonchev–Trinajstić information content (AvgIpc) is 3.07. The Morgan fingerprint density at radius 3 is 2.21 bits per heavy atom. The van der Waals surface area contributed by atoms with Gasteiger partial charge in [0.25, 0.3) is 15.7 Å². The van der Waals surface area contributed by atoms with Crippen LogP contribution in [0, 0.1) is 5.82 Å². The van der Waals surface area contributed by atoms with E-state index < -0.39 is 38.0 Å². The largest absolute Gasteiger partial charge is 0.501 e. The SMILES string of the molecule is O=C1CN(Cc2ccncc2-c2ccc(F)cc2)C(=O)N1c1ccc(S(=O)(=O)C(F)(F)F)cc1. The Morgan fingerprint density at radius 2 is 1.59 bits per heavy atom. The lowest BCUT2D eigenvalue weighted by molar-refractivity contribution is -0.116. The van der Waals surface area contributed by atoms with E-state index in [0.717, 1.165) is 17.0 Å². The quantitative estimate of drug-likeness (QED) is 0.394. The number of halogens is 4. The van der Waals surface area contributed by atoms with Crippen LogP contribution in [-0.2, 0) is 21.2 Å². The highest BCUT2D eigenvalue weighted by Crippen LogP contribution is 2.32. The molecule has 1 aliphatic heterocycles. The van der Waals surface area contributed by atoms with Gasteiger partial charge in [-0.1, -0.05) is 12.1 Å². The number of sulfone groups is 1. The molecule has 3 amide bonds. The second kappa shape index (κ2) is 8.52. The summed E-state index contributed by atoms with van der Waals surface area (Å²) < 4.78 is 74.6. The summed E-state index contributed by atoms with van der Waals surface area (Å²) in [6.07, 6.45) is 3.05. The summed E-state index contributed by atoms with van der Waals surface area (Å²) >= 11 is 0. The highest BCUT2D eigenvalue weighted by Gasteiger charge is 2.47. The summed E-state index contributed by atoms with van der Waals surface area (Å²) in [6, 6.07) is 9.90. The smallest absolute Gasteiger partial charge is 0.310 e. The molecule has 7 nitrogen and oxygen atoms in total. The van der Waals surface area contributed by atoms with E-state index in [1.807, 2.05) is 0 Å². The number of urea groups is 1. The Bertz CT molecular complexity index is 1360. The van der Waals surface area contributed by atoms with E-state index >= 15 is 0 Å². The number of hydrogen-bond acceptors (Lipinski definition) is 5. The molecule has 1 aliphatic rings. The fourth-order valence-electron chi connectivity index (χ4n) is 3.49. The second-order valence-corrected chi connectivity index (χ2v) is 9.29. The number of hydrogen-bond donors (Lipinski definition) is 0. The van der Waals surface area contributed by atoms with Gasteiger partial charge in [-0.3, -0.25) is 9.78 Å². The van der Waals surface area contributed by atoms with Crippen LogP contribution < -0.4 is 4.90 Å². The Labute approximate surface area is 191 Å². The molecule has 2 heterocycles. The number of rotatable bonds is 5. The van der Waals surface area contributed by atoms with Crippen LogP contribution in [0.4, 0.5) is 28.0 Å². The number of alkyl halides is 3. The third kappa shape index (κ3) is 4.23. The first kappa shape index (κ1) is 23.4. The van der Waals surface area contributed by atoms with Crippen LogP contribution in [0.2, 0.25) is 0 Å². The van der Waals surface area contributed by atoms with Crippen LogP contribution in [0.1, 0.15) is 5.56 Å². The molecular formula is C22H15F4N3O4S. The van der Waals surface area contributed by atoms with Crippen molar-refractivity contribution in [1.29, 1.82) is 0 Å². The molecule has 0 unspecified atom stereocenters. The summed E-state index contributed by atoms with van der Waals surface area (Å²) in [6.45, 7) is -0.288. The number of nitrogens with zero attached hydrogens (tertiary/aromatic N) is 3. The van der Waals surface area contributed by atoms with Crippen LogP contribution in [0.3, 0.4) is 0 Å². The number of carbonyl (C=O) groups excluding carboxylic acids is 2. The van der Waals surface area contributed by atoms with Gasteiger partial charge in [-0.2, -0.15) is 13.2 Å². The molecule has 176 valence electrons. The van der Waals surface area contributed by atoms with Gasteiger partial charge in [-0.25, -0.2) is 22.5 Å². The normalized spacial score (nSPS) is 14.7. The van der Waals surface area contributed by atoms with E-state index in [1.165, 1.54) is 23.2 Å². The van der Waals surface area contributed by atoms with E-state index in [1.54, 1.807) is 24.4 Å². The van der Waals surface area contributed by atoms with Gasteiger partial charge < -0.3 is 4.90 Å². The predicted molar refractivity (Wildman–Crippen MR) is 113 cm³/mol. The number of amides is 3. The predicted octanol–water partition coefficient (Wildman–Crippen LogP) is 4.15. The van der Waals surface area contributed by atoms with Crippen LogP contribution in [0.5, 0.6) is 0 Å². The number of aromatic nitrogens is 1. The molecule has 0 saturated carbocycles. The van der Waals surface area contributed by atoms with Crippen molar-refractivity contribution in [3.8, 4) is 11.1 Å². The van der Waals surface area contributed by atoms with Gasteiger partial charge in [0, 0.05) is 24.5 Å². The third-order valence-corrected chi connectivity index (χ3v) is 6.68. The fourth-order valence-corrected chi connectivity index (χ4v) is 4.25. The standard InChI is InChI=1S/C22H15F4N3O4S/c23-16-3-1-14(2-4-16)19-11-27-10-9-15(19)12-28-13-20(30)29(21(28)31)17-5-7-18(8-6-17)34(32,33)22(24,25)26/h1-11H,12-13H2. The van der Waals surface area contributed by atoms with E-state index in [4.69, 9.17) is 0 Å². The third-order valence-electron chi connectivity index (χ3n) is 5.18. The monoisotopic (exact) mass is 493 g/mol. The second-order valence-electron chi connectivity index (χ2n) is 7.35. The molecule has 0 bridgehead atoms. The van der Waals surface area contributed by atoms with Crippen molar-refractivity contribution in [2.45, 2.75) is 16.9 Å². The topological polar surface area (TPSA) is 87.7 Å². The van der Waals surface area contributed by atoms with Gasteiger partial charge in [0.2, 0.25) is 0 Å². The Kier molecular flexibility index (Phi) is 5.86. The minimum atomic E-state index is -5.56. The summed E-state index contributed by atoms with van der Waals surface area (Å²) in [5.74, 6) is -1.05. The maximum absolute atomic E-state index is 13.3. The van der Waals surface area contributed by atoms with Crippen LogP contribution in [0.25, 0.3) is 11.1 Å². The highest BCUT2D eigenvalue weighted by molar-refractivity contribution is 7.92. The molecule has 3 aromatic rings. The Balaban J connectivity index is 1.57. The van der Waals surface area contributed by atoms with Gasteiger partial charge in [-0.15, -0.1) is 0 Å². The zero-order valence-electron chi connectivity index (χ0n) is 17.2. The Morgan fingerprint density at radius 1 is 0.941 bits per heavy atom. The lowest BCUT2D eigenvalue weighted by atomic mass is 10.0. The lowest BCUT2D eigenvalue weighted by Crippen LogP contribution is -2.33. The molecule has 0 atom stereocenters. The van der Waals surface area contributed by atoms with Crippen molar-refractivity contribution in [3.05, 3.63) is 78.4 Å². The van der Waals surface area contributed by atoms with E-state index in [2.05, 4.69) is 4.98 Å². The Hall–Kier alpha value is -3.80. The first-order chi connectivity index (χ1) is 16.0. The molecule has 0 radical (unpaired) electrons. The minimum absolute atomic E-state index is 0.0108. The van der Waals surface area contributed by atoms with Crippen LogP contribution in [0.15, 0.2) is 71.9 Å². The fraction of sp³-hybridized carbons (Fsp3) is 0.136. The summed E-state index contributed by atoms with van der Waals surface area (Å²) in [5.41, 5.74) is -3.62. The number of anilines is 1. The number of carbonyl (C=O) groups is 2. The molecule has 2 aromatic carbocycles. The summed E-state index contributed by atoms with van der Waals surface area (Å²) in [7, 11) is -5.56. The van der Waals surface area contributed by atoms with E-state index in [-0.39, 0.29) is 18.8 Å². The maximum atomic E-state index is 13.3. The maximum Gasteiger partial charge on any atom is 0.501 e. The molecule has 1 aromatic heterocycles. The minimum Gasteiger partial charge on any atom is -0.310 e. The number of benzene rings is 2. The van der Waals surface area contributed by atoms with Gasteiger partial charge in [0.15, 0.2) is 0 Å². The average molecular weight is 493 g/mol. The molecule has 34 heavy (non-hydrogen) atoms. The molecule has 0 N–H and O–H groups in total.